The van der Waals surface area contributed by atoms with Crippen LogP contribution in [0.4, 0.5) is 0 Å². The van der Waals surface area contributed by atoms with Gasteiger partial charge in [0, 0.05) is 6.54 Å². The number of ether oxygens (including phenoxy) is 1. The molecule has 0 aromatic heterocycles. The van der Waals surface area contributed by atoms with Crippen LogP contribution < -0.4 is 5.73 Å². The summed E-state index contributed by atoms with van der Waals surface area (Å²) in [6.07, 6.45) is 2.08. The molecule has 1 saturated heterocycles. The number of carbonyl (C=O) groups is 2. The van der Waals surface area contributed by atoms with E-state index in [9.17, 15) is 9.59 Å². The summed E-state index contributed by atoms with van der Waals surface area (Å²) in [5, 5.41) is 0. The van der Waals surface area contributed by atoms with Crippen LogP contribution in [0.2, 0.25) is 0 Å². The number of amides is 1. The Hall–Kier alpha value is -1.88. The van der Waals surface area contributed by atoms with Crippen LogP contribution in [0.1, 0.15) is 38.7 Å². The van der Waals surface area contributed by atoms with Gasteiger partial charge >= 0.3 is 5.97 Å². The normalized spacial score (nSPS) is 19.0. The van der Waals surface area contributed by atoms with Gasteiger partial charge in [0.2, 0.25) is 5.91 Å². The van der Waals surface area contributed by atoms with Crippen LogP contribution in [-0.4, -0.2) is 35.4 Å². The number of benzene rings is 1. The van der Waals surface area contributed by atoms with Gasteiger partial charge in [0.05, 0.1) is 6.04 Å². The molecule has 2 rings (SSSR count). The van der Waals surface area contributed by atoms with E-state index in [1.54, 1.807) is 4.90 Å². The summed E-state index contributed by atoms with van der Waals surface area (Å²) in [5.74, 6) is -0.130. The molecule has 1 aromatic rings. The molecule has 1 aliphatic rings. The predicted molar refractivity (Wildman–Crippen MR) is 88.4 cm³/mol. The maximum absolute atomic E-state index is 12.5. The summed E-state index contributed by atoms with van der Waals surface area (Å²) < 4.78 is 5.38. The standard InChI is InChI=1S/C18H26N2O3/c1-13(2)11-15(19)17(21)20-10-6-9-16(20)18(22)23-12-14-7-4-3-5-8-14/h3-5,7-8,13,15-16H,6,9-12,19H2,1-2H3/t15?,16-/m0/s1. The van der Waals surface area contributed by atoms with Gasteiger partial charge in [-0.25, -0.2) is 4.79 Å². The molecule has 0 aliphatic carbocycles. The minimum atomic E-state index is -0.544. The fourth-order valence-corrected chi connectivity index (χ4v) is 2.92. The zero-order valence-electron chi connectivity index (χ0n) is 13.9. The second-order valence-electron chi connectivity index (χ2n) is 6.52. The quantitative estimate of drug-likeness (QED) is 0.815. The molecule has 0 spiro atoms. The van der Waals surface area contributed by atoms with Crippen molar-refractivity contribution in [1.82, 2.24) is 4.90 Å². The molecule has 126 valence electrons. The van der Waals surface area contributed by atoms with E-state index in [0.29, 0.717) is 25.3 Å². The Balaban J connectivity index is 1.92. The SMILES string of the molecule is CC(C)CC(N)C(=O)N1CCC[C@H]1C(=O)OCc1ccccc1. The highest BCUT2D eigenvalue weighted by Crippen LogP contribution is 2.21. The Bertz CT molecular complexity index is 530. The minimum Gasteiger partial charge on any atom is -0.459 e. The van der Waals surface area contributed by atoms with Gasteiger partial charge in [-0.15, -0.1) is 0 Å². The van der Waals surface area contributed by atoms with Crippen LogP contribution in [0.25, 0.3) is 0 Å². The highest BCUT2D eigenvalue weighted by atomic mass is 16.5. The lowest BCUT2D eigenvalue weighted by Gasteiger charge is -2.26. The monoisotopic (exact) mass is 318 g/mol. The first-order valence-electron chi connectivity index (χ1n) is 8.25. The van der Waals surface area contributed by atoms with E-state index in [2.05, 4.69) is 0 Å². The molecule has 2 N–H and O–H groups in total. The first-order valence-corrected chi connectivity index (χ1v) is 8.25. The Labute approximate surface area is 137 Å². The average molecular weight is 318 g/mol. The van der Waals surface area contributed by atoms with Gasteiger partial charge in [-0.2, -0.15) is 0 Å². The molecule has 1 aliphatic heterocycles. The molecule has 0 saturated carbocycles. The Morgan fingerprint density at radius 3 is 2.65 bits per heavy atom. The smallest absolute Gasteiger partial charge is 0.329 e. The fourth-order valence-electron chi connectivity index (χ4n) is 2.92. The number of hydrogen-bond acceptors (Lipinski definition) is 4. The van der Waals surface area contributed by atoms with Crippen molar-refractivity contribution in [1.29, 1.82) is 0 Å². The van der Waals surface area contributed by atoms with E-state index in [1.807, 2.05) is 44.2 Å². The number of likely N-dealkylation sites (tertiary alicyclic amines) is 1. The van der Waals surface area contributed by atoms with E-state index >= 15 is 0 Å². The number of nitrogens with zero attached hydrogens (tertiary/aromatic N) is 1. The van der Waals surface area contributed by atoms with Gasteiger partial charge in [0.25, 0.3) is 0 Å². The number of nitrogens with two attached hydrogens (primary N) is 1. The van der Waals surface area contributed by atoms with Crippen LogP contribution in [0.15, 0.2) is 30.3 Å². The van der Waals surface area contributed by atoms with Crippen LogP contribution in [0.3, 0.4) is 0 Å². The molecule has 23 heavy (non-hydrogen) atoms. The van der Waals surface area contributed by atoms with E-state index in [4.69, 9.17) is 10.5 Å². The van der Waals surface area contributed by atoms with Crippen molar-refractivity contribution in [2.75, 3.05) is 6.54 Å². The van der Waals surface area contributed by atoms with E-state index in [0.717, 1.165) is 12.0 Å². The molecular formula is C18H26N2O3. The second kappa shape index (κ2) is 8.11. The van der Waals surface area contributed by atoms with Crippen LogP contribution >= 0.6 is 0 Å². The third kappa shape index (κ3) is 4.79. The molecule has 1 heterocycles. The number of rotatable bonds is 6. The van der Waals surface area contributed by atoms with E-state index in [1.165, 1.54) is 0 Å². The Morgan fingerprint density at radius 1 is 1.30 bits per heavy atom. The zero-order valence-corrected chi connectivity index (χ0v) is 13.9. The minimum absolute atomic E-state index is 0.141. The van der Waals surface area contributed by atoms with E-state index in [-0.39, 0.29) is 18.5 Å². The molecule has 1 unspecified atom stereocenters. The van der Waals surface area contributed by atoms with Crippen LogP contribution in [-0.2, 0) is 20.9 Å². The topological polar surface area (TPSA) is 72.6 Å². The number of carbonyl (C=O) groups excluding carboxylic acids is 2. The van der Waals surface area contributed by atoms with Gasteiger partial charge in [0.15, 0.2) is 0 Å². The first-order chi connectivity index (χ1) is 11.0. The largest absolute Gasteiger partial charge is 0.459 e. The Kier molecular flexibility index (Phi) is 6.16. The van der Waals surface area contributed by atoms with Crippen molar-refractivity contribution in [3.05, 3.63) is 35.9 Å². The van der Waals surface area contributed by atoms with Crippen molar-refractivity contribution in [3.8, 4) is 0 Å². The number of esters is 1. The van der Waals surface area contributed by atoms with Gasteiger partial charge in [-0.3, -0.25) is 4.79 Å². The van der Waals surface area contributed by atoms with Gasteiger partial charge in [-0.1, -0.05) is 44.2 Å². The van der Waals surface area contributed by atoms with Gasteiger partial charge in [-0.05, 0) is 30.7 Å². The van der Waals surface area contributed by atoms with Crippen molar-refractivity contribution >= 4 is 11.9 Å². The maximum atomic E-state index is 12.5. The van der Waals surface area contributed by atoms with Crippen LogP contribution in [0, 0.1) is 5.92 Å². The summed E-state index contributed by atoms with van der Waals surface area (Å²) in [5.41, 5.74) is 6.92. The molecule has 1 fully saturated rings. The summed E-state index contributed by atoms with van der Waals surface area (Å²) in [7, 11) is 0. The van der Waals surface area contributed by atoms with Crippen molar-refractivity contribution in [2.45, 2.75) is 51.8 Å². The highest BCUT2D eigenvalue weighted by molar-refractivity contribution is 5.88. The second-order valence-corrected chi connectivity index (χ2v) is 6.52. The van der Waals surface area contributed by atoms with E-state index < -0.39 is 12.1 Å². The Morgan fingerprint density at radius 2 is 2.00 bits per heavy atom. The summed E-state index contributed by atoms with van der Waals surface area (Å²) >= 11 is 0. The summed E-state index contributed by atoms with van der Waals surface area (Å²) in [4.78, 5) is 26.4. The molecule has 1 aromatic carbocycles. The molecule has 0 bridgehead atoms. The molecular weight excluding hydrogens is 292 g/mol. The van der Waals surface area contributed by atoms with Crippen LogP contribution in [0.5, 0.6) is 0 Å². The predicted octanol–water partition coefficient (Wildman–Crippen LogP) is 2.09. The third-order valence-electron chi connectivity index (χ3n) is 4.07. The molecule has 0 radical (unpaired) electrons. The lowest BCUT2D eigenvalue weighted by Crippen LogP contribution is -2.49. The van der Waals surface area contributed by atoms with Crippen molar-refractivity contribution in [3.63, 3.8) is 0 Å². The van der Waals surface area contributed by atoms with Crippen molar-refractivity contribution in [2.24, 2.45) is 11.7 Å². The number of hydrogen-bond donors (Lipinski definition) is 1. The summed E-state index contributed by atoms with van der Waals surface area (Å²) in [6, 6.07) is 8.49. The zero-order chi connectivity index (χ0) is 16.8. The first kappa shape index (κ1) is 17.5. The highest BCUT2D eigenvalue weighted by Gasteiger charge is 2.37. The maximum Gasteiger partial charge on any atom is 0.329 e. The fraction of sp³-hybridized carbons (Fsp3) is 0.556. The average Bonchev–Trinajstić information content (AvgIpc) is 3.01. The molecule has 5 nitrogen and oxygen atoms in total. The van der Waals surface area contributed by atoms with Gasteiger partial charge in [0.1, 0.15) is 12.6 Å². The lowest BCUT2D eigenvalue weighted by atomic mass is 10.0. The lowest BCUT2D eigenvalue weighted by molar-refractivity contribution is -0.155. The molecule has 1 amide bonds. The third-order valence-corrected chi connectivity index (χ3v) is 4.07. The van der Waals surface area contributed by atoms with Crippen molar-refractivity contribution < 1.29 is 14.3 Å². The molecule has 5 heteroatoms. The summed E-state index contributed by atoms with van der Waals surface area (Å²) in [6.45, 7) is 4.87. The van der Waals surface area contributed by atoms with Gasteiger partial charge < -0.3 is 15.4 Å². The molecule has 2 atom stereocenters.